The zero-order chi connectivity index (χ0) is 68.6. The number of nitrogens with one attached hydrogen (secondary N) is 1. The number of carbonyl (C=O) groups is 2. The maximum Gasteiger partial charge on any atom is 0.305 e. The van der Waals surface area contributed by atoms with E-state index in [1.165, 1.54) is 302 Å². The van der Waals surface area contributed by atoms with Crippen molar-refractivity contribution in [3.63, 3.8) is 0 Å². The molecule has 1 amide bonds. The molecule has 11 heteroatoms. The number of ether oxygens (including phenoxy) is 3. The molecular weight excluding hydrogens is 1180 g/mol. The van der Waals surface area contributed by atoms with Gasteiger partial charge in [0.2, 0.25) is 5.91 Å². The van der Waals surface area contributed by atoms with Crippen molar-refractivity contribution in [2.45, 2.75) is 442 Å². The molecule has 7 unspecified atom stereocenters. The summed E-state index contributed by atoms with van der Waals surface area (Å²) in [5.41, 5.74) is 0. The molecule has 1 saturated heterocycles. The number of unbranched alkanes of at least 4 members (excludes halogenated alkanes) is 51. The fourth-order valence-corrected chi connectivity index (χ4v) is 12.9. The van der Waals surface area contributed by atoms with Gasteiger partial charge in [0.05, 0.1) is 32.0 Å². The Labute approximate surface area is 586 Å². The SMILES string of the molecule is CCC/C=C\C/C=C\CCCCCCCC(=O)OCCCCCCCCCCCCCCCCC/C=C\C/C=C\CCCCCCCCCCCCCCCCCCCC(=O)NC(COC1OC(CO)C(O)C(O)C1O)C(O)/C=C/CCCCCCCCCCCCCCC. The monoisotopic (exact) mass is 1340 g/mol. The quantitative estimate of drug-likeness (QED) is 0.0195. The van der Waals surface area contributed by atoms with Crippen molar-refractivity contribution in [1.29, 1.82) is 0 Å². The first-order valence-electron chi connectivity index (χ1n) is 41.1. The first-order chi connectivity index (χ1) is 46.7. The zero-order valence-corrected chi connectivity index (χ0v) is 62.1. The summed E-state index contributed by atoms with van der Waals surface area (Å²) in [7, 11) is 0. The maximum absolute atomic E-state index is 13.1. The normalized spacial score (nSPS) is 17.7. The molecule has 1 rings (SSSR count). The standard InChI is InChI=1S/C84H155NO10/c1-3-5-7-9-11-13-15-17-43-47-50-54-58-62-66-70-77(87)76(75-94-84-83(92)82(91)81(90)78(74-86)95-84)85-79(88)71-67-63-59-55-51-48-44-41-39-37-35-33-31-29-27-25-23-21-19-18-20-22-24-26-28-30-32-34-36-38-40-42-45-49-53-57-61-65-69-73-93-80(89)72-68-64-60-56-52-46-16-14-12-10-8-6-4-2/h8,10,14,16,18-19,22,24,66,70,76-78,81-84,86-87,90-92H,3-7,9,11-13,15,17,20-21,23,25-65,67-69,71-75H2,1-2H3,(H,85,88)/b10-8-,16-14-,19-18-,24-22-,70-66+. The number of carbonyl (C=O) groups excluding carboxylic acids is 2. The van der Waals surface area contributed by atoms with Gasteiger partial charge in [0.25, 0.3) is 0 Å². The maximum atomic E-state index is 13.1. The Bertz CT molecular complexity index is 1770. The Hall–Kier alpha value is -2.64. The minimum Gasteiger partial charge on any atom is -0.466 e. The van der Waals surface area contributed by atoms with E-state index in [0.717, 1.165) is 70.6 Å². The smallest absolute Gasteiger partial charge is 0.305 e. The van der Waals surface area contributed by atoms with Crippen LogP contribution in [0.15, 0.2) is 60.8 Å². The van der Waals surface area contributed by atoms with Crippen LogP contribution in [0.1, 0.15) is 399 Å². The van der Waals surface area contributed by atoms with Gasteiger partial charge < -0.3 is 45.1 Å². The second-order valence-corrected chi connectivity index (χ2v) is 28.5. The molecule has 11 nitrogen and oxygen atoms in total. The van der Waals surface area contributed by atoms with Crippen molar-refractivity contribution < 1.29 is 49.3 Å². The van der Waals surface area contributed by atoms with Crippen LogP contribution in [-0.2, 0) is 23.8 Å². The van der Waals surface area contributed by atoms with E-state index in [-0.39, 0.29) is 18.5 Å². The lowest BCUT2D eigenvalue weighted by molar-refractivity contribution is -0.302. The van der Waals surface area contributed by atoms with Crippen LogP contribution in [0.25, 0.3) is 0 Å². The largest absolute Gasteiger partial charge is 0.466 e. The molecule has 0 aromatic heterocycles. The van der Waals surface area contributed by atoms with E-state index in [1.807, 2.05) is 6.08 Å². The highest BCUT2D eigenvalue weighted by molar-refractivity contribution is 5.76. The number of aliphatic hydroxyl groups is 5. The van der Waals surface area contributed by atoms with Gasteiger partial charge in [0.1, 0.15) is 24.4 Å². The molecule has 95 heavy (non-hydrogen) atoms. The van der Waals surface area contributed by atoms with Gasteiger partial charge in [-0.2, -0.15) is 0 Å². The van der Waals surface area contributed by atoms with Crippen LogP contribution in [0, 0.1) is 0 Å². The minimum atomic E-state index is -1.57. The second kappa shape index (κ2) is 72.6. The van der Waals surface area contributed by atoms with E-state index in [1.54, 1.807) is 6.08 Å². The molecule has 0 radical (unpaired) electrons. The average Bonchev–Trinajstić information content (AvgIpc) is 0.849. The van der Waals surface area contributed by atoms with Crippen molar-refractivity contribution in [1.82, 2.24) is 5.32 Å². The molecule has 0 saturated carbocycles. The van der Waals surface area contributed by atoms with Gasteiger partial charge in [-0.25, -0.2) is 0 Å². The topological polar surface area (TPSA) is 175 Å². The third-order valence-electron chi connectivity index (χ3n) is 19.3. The first-order valence-corrected chi connectivity index (χ1v) is 41.1. The number of esters is 1. The van der Waals surface area contributed by atoms with E-state index < -0.39 is 49.5 Å². The highest BCUT2D eigenvalue weighted by Crippen LogP contribution is 2.24. The van der Waals surface area contributed by atoms with Gasteiger partial charge in [-0.1, -0.05) is 357 Å². The molecule has 7 atom stereocenters. The summed E-state index contributed by atoms with van der Waals surface area (Å²) in [6, 6.07) is -0.809. The molecule has 0 aliphatic carbocycles. The first kappa shape index (κ1) is 90.4. The number of hydrogen-bond donors (Lipinski definition) is 6. The molecular formula is C84H155NO10. The molecule has 0 bridgehead atoms. The summed E-state index contributed by atoms with van der Waals surface area (Å²) in [6.07, 6.45) is 88.2. The fraction of sp³-hybridized carbons (Fsp3) is 0.857. The highest BCUT2D eigenvalue weighted by atomic mass is 16.7. The predicted octanol–water partition coefficient (Wildman–Crippen LogP) is 22.4. The molecule has 0 aromatic rings. The number of allylic oxidation sites excluding steroid dienone is 9. The fourth-order valence-electron chi connectivity index (χ4n) is 12.9. The van der Waals surface area contributed by atoms with Crippen molar-refractivity contribution >= 4 is 11.9 Å². The summed E-state index contributed by atoms with van der Waals surface area (Å²) >= 11 is 0. The van der Waals surface area contributed by atoms with E-state index in [4.69, 9.17) is 14.2 Å². The third-order valence-corrected chi connectivity index (χ3v) is 19.3. The van der Waals surface area contributed by atoms with Crippen LogP contribution in [0.4, 0.5) is 0 Å². The van der Waals surface area contributed by atoms with Gasteiger partial charge in [0, 0.05) is 12.8 Å². The Kier molecular flexibility index (Phi) is 69.1. The van der Waals surface area contributed by atoms with Crippen LogP contribution in [0.2, 0.25) is 0 Å². The highest BCUT2D eigenvalue weighted by Gasteiger charge is 2.44. The summed E-state index contributed by atoms with van der Waals surface area (Å²) < 4.78 is 16.8. The molecule has 1 heterocycles. The van der Waals surface area contributed by atoms with Crippen LogP contribution in [0.5, 0.6) is 0 Å². The Morgan fingerprint density at radius 2 is 0.726 bits per heavy atom. The van der Waals surface area contributed by atoms with Crippen LogP contribution >= 0.6 is 0 Å². The number of amides is 1. The molecule has 1 aliphatic rings. The van der Waals surface area contributed by atoms with Crippen LogP contribution in [-0.4, -0.2) is 100 Å². The lowest BCUT2D eigenvalue weighted by atomic mass is 9.99. The predicted molar refractivity (Wildman–Crippen MR) is 403 cm³/mol. The lowest BCUT2D eigenvalue weighted by Gasteiger charge is -2.40. The van der Waals surface area contributed by atoms with Crippen molar-refractivity contribution in [3.05, 3.63) is 60.8 Å². The van der Waals surface area contributed by atoms with E-state index in [0.29, 0.717) is 19.4 Å². The summed E-state index contributed by atoms with van der Waals surface area (Å²) in [6.45, 7) is 4.33. The summed E-state index contributed by atoms with van der Waals surface area (Å²) in [5.74, 6) is -0.176. The van der Waals surface area contributed by atoms with Gasteiger partial charge in [-0.3, -0.25) is 9.59 Å². The Balaban J connectivity index is 1.92. The summed E-state index contributed by atoms with van der Waals surface area (Å²) in [4.78, 5) is 25.2. The van der Waals surface area contributed by atoms with Crippen molar-refractivity contribution in [3.8, 4) is 0 Å². The van der Waals surface area contributed by atoms with Crippen LogP contribution in [0.3, 0.4) is 0 Å². The van der Waals surface area contributed by atoms with Crippen LogP contribution < -0.4 is 5.32 Å². The second-order valence-electron chi connectivity index (χ2n) is 28.5. The third kappa shape index (κ3) is 61.0. The summed E-state index contributed by atoms with van der Waals surface area (Å²) in [5, 5.41) is 54.7. The van der Waals surface area contributed by atoms with Gasteiger partial charge >= 0.3 is 5.97 Å². The number of rotatable bonds is 73. The average molecular weight is 1340 g/mol. The van der Waals surface area contributed by atoms with Gasteiger partial charge in [-0.15, -0.1) is 0 Å². The minimum absolute atomic E-state index is 0.000706. The number of hydrogen-bond acceptors (Lipinski definition) is 10. The molecule has 0 aromatic carbocycles. The Morgan fingerprint density at radius 3 is 1.11 bits per heavy atom. The molecule has 1 aliphatic heterocycles. The molecule has 6 N–H and O–H groups in total. The zero-order valence-electron chi connectivity index (χ0n) is 62.1. The van der Waals surface area contributed by atoms with Gasteiger partial charge in [-0.05, 0) is 89.9 Å². The lowest BCUT2D eigenvalue weighted by Crippen LogP contribution is -2.60. The van der Waals surface area contributed by atoms with Crippen molar-refractivity contribution in [2.24, 2.45) is 0 Å². The molecule has 1 fully saturated rings. The molecule has 556 valence electrons. The van der Waals surface area contributed by atoms with E-state index >= 15 is 0 Å². The molecule has 0 spiro atoms. The Morgan fingerprint density at radius 1 is 0.389 bits per heavy atom. The van der Waals surface area contributed by atoms with E-state index in [2.05, 4.69) is 67.8 Å². The van der Waals surface area contributed by atoms with E-state index in [9.17, 15) is 35.1 Å². The number of aliphatic hydroxyl groups excluding tert-OH is 5. The van der Waals surface area contributed by atoms with Crippen molar-refractivity contribution in [2.75, 3.05) is 19.8 Å². The van der Waals surface area contributed by atoms with Gasteiger partial charge in [0.15, 0.2) is 6.29 Å².